The largest absolute Gasteiger partial charge is 0.462 e. The van der Waals surface area contributed by atoms with Crippen molar-refractivity contribution >= 4 is 11.9 Å². The van der Waals surface area contributed by atoms with Crippen LogP contribution < -0.4 is 0 Å². The Hall–Kier alpha value is -1.91. The van der Waals surface area contributed by atoms with Gasteiger partial charge < -0.3 is 9.47 Å². The van der Waals surface area contributed by atoms with Crippen LogP contribution in [-0.2, 0) is 9.47 Å². The van der Waals surface area contributed by atoms with Crippen LogP contribution in [0.5, 0.6) is 0 Å². The molecule has 0 amide bonds. The molecule has 0 aromatic carbocycles. The lowest BCUT2D eigenvalue weighted by Gasteiger charge is -2.13. The molecule has 2 saturated carbocycles. The highest BCUT2D eigenvalue weighted by atomic mass is 16.5. The number of pyridine rings is 1. The lowest BCUT2D eigenvalue weighted by atomic mass is 10.0. The van der Waals surface area contributed by atoms with Crippen molar-refractivity contribution in [3.8, 4) is 0 Å². The summed E-state index contributed by atoms with van der Waals surface area (Å²) >= 11 is 0. The fraction of sp³-hybridized carbons (Fsp3) is 0.588. The van der Waals surface area contributed by atoms with E-state index in [-0.39, 0.29) is 0 Å². The molecule has 0 bridgehead atoms. The van der Waals surface area contributed by atoms with Gasteiger partial charge in [0.2, 0.25) is 0 Å². The van der Waals surface area contributed by atoms with Gasteiger partial charge in [0, 0.05) is 11.8 Å². The first-order valence-corrected chi connectivity index (χ1v) is 8.04. The molecule has 0 N–H and O–H groups in total. The molecule has 2 fully saturated rings. The Balaban J connectivity index is 2.05. The van der Waals surface area contributed by atoms with Crippen LogP contribution in [-0.4, -0.2) is 30.1 Å². The lowest BCUT2D eigenvalue weighted by molar-refractivity contribution is 0.0522. The maximum atomic E-state index is 12.2. The molecular formula is C17H21NO4. The van der Waals surface area contributed by atoms with Gasteiger partial charge in [-0.05, 0) is 45.6 Å². The zero-order chi connectivity index (χ0) is 15.7. The van der Waals surface area contributed by atoms with Gasteiger partial charge in [0.1, 0.15) is 0 Å². The SMILES string of the molecule is CCOC(=O)c1cc(C(=O)OCC)c(C2CC2)nc1C1CC1. The topological polar surface area (TPSA) is 65.5 Å². The molecule has 1 aromatic rings. The van der Waals surface area contributed by atoms with E-state index in [2.05, 4.69) is 0 Å². The quantitative estimate of drug-likeness (QED) is 0.755. The zero-order valence-electron chi connectivity index (χ0n) is 13.1. The number of ether oxygens (including phenoxy) is 2. The molecule has 0 unspecified atom stereocenters. The van der Waals surface area contributed by atoms with Crippen LogP contribution in [0.1, 0.15) is 83.5 Å². The van der Waals surface area contributed by atoms with Crippen molar-refractivity contribution in [1.29, 1.82) is 0 Å². The third-order valence-electron chi connectivity index (χ3n) is 4.00. The Morgan fingerprint density at radius 1 is 0.955 bits per heavy atom. The molecule has 1 heterocycles. The minimum atomic E-state index is -0.398. The highest BCUT2D eigenvalue weighted by molar-refractivity contribution is 5.97. The van der Waals surface area contributed by atoms with Crippen molar-refractivity contribution in [2.24, 2.45) is 0 Å². The molecule has 5 heteroatoms. The first kappa shape index (κ1) is 15.0. The highest BCUT2D eigenvalue weighted by Crippen LogP contribution is 2.45. The molecule has 3 rings (SSSR count). The van der Waals surface area contributed by atoms with Crippen molar-refractivity contribution in [3.63, 3.8) is 0 Å². The first-order chi connectivity index (χ1) is 10.7. The van der Waals surface area contributed by atoms with Crippen molar-refractivity contribution in [2.75, 3.05) is 13.2 Å². The Morgan fingerprint density at radius 2 is 1.36 bits per heavy atom. The third-order valence-corrected chi connectivity index (χ3v) is 4.00. The zero-order valence-corrected chi connectivity index (χ0v) is 13.1. The Labute approximate surface area is 130 Å². The minimum absolute atomic E-state index is 0.308. The smallest absolute Gasteiger partial charge is 0.340 e. The predicted octanol–water partition coefficient (Wildman–Crippen LogP) is 3.19. The summed E-state index contributed by atoms with van der Waals surface area (Å²) in [7, 11) is 0. The number of carbonyl (C=O) groups excluding carboxylic acids is 2. The Kier molecular flexibility index (Phi) is 4.14. The molecular weight excluding hydrogens is 282 g/mol. The van der Waals surface area contributed by atoms with E-state index >= 15 is 0 Å². The van der Waals surface area contributed by atoms with E-state index in [0.717, 1.165) is 37.1 Å². The maximum Gasteiger partial charge on any atom is 0.340 e. The van der Waals surface area contributed by atoms with Crippen LogP contribution in [0, 0.1) is 0 Å². The van der Waals surface area contributed by atoms with E-state index in [1.54, 1.807) is 19.9 Å². The third kappa shape index (κ3) is 2.98. The maximum absolute atomic E-state index is 12.2. The second-order valence-electron chi connectivity index (χ2n) is 5.84. The van der Waals surface area contributed by atoms with Gasteiger partial charge in [0.15, 0.2) is 0 Å². The van der Waals surface area contributed by atoms with Gasteiger partial charge in [-0.3, -0.25) is 4.98 Å². The minimum Gasteiger partial charge on any atom is -0.462 e. The fourth-order valence-electron chi connectivity index (χ4n) is 2.62. The number of aromatic nitrogens is 1. The number of rotatable bonds is 6. The summed E-state index contributed by atoms with van der Waals surface area (Å²) in [5, 5.41) is 0. The summed E-state index contributed by atoms with van der Waals surface area (Å²) in [6.07, 6.45) is 4.18. The molecule has 0 radical (unpaired) electrons. The van der Waals surface area contributed by atoms with Crippen molar-refractivity contribution in [1.82, 2.24) is 4.98 Å². The van der Waals surface area contributed by atoms with Crippen LogP contribution in [0.2, 0.25) is 0 Å². The van der Waals surface area contributed by atoms with Gasteiger partial charge in [-0.2, -0.15) is 0 Å². The molecule has 0 spiro atoms. The van der Waals surface area contributed by atoms with E-state index in [1.807, 2.05) is 0 Å². The molecule has 0 atom stereocenters. The lowest BCUT2D eigenvalue weighted by Crippen LogP contribution is -2.16. The fourth-order valence-corrected chi connectivity index (χ4v) is 2.62. The van der Waals surface area contributed by atoms with Gasteiger partial charge in [-0.15, -0.1) is 0 Å². The normalized spacial score (nSPS) is 17.2. The average Bonchev–Trinajstić information content (AvgIpc) is 3.40. The van der Waals surface area contributed by atoms with Crippen LogP contribution in [0.15, 0.2) is 6.07 Å². The van der Waals surface area contributed by atoms with Crippen molar-refractivity contribution in [3.05, 3.63) is 28.6 Å². The van der Waals surface area contributed by atoms with Crippen molar-refractivity contribution in [2.45, 2.75) is 51.4 Å². The number of hydrogen-bond donors (Lipinski definition) is 0. The second kappa shape index (κ2) is 6.07. The summed E-state index contributed by atoms with van der Waals surface area (Å²) in [6, 6.07) is 1.64. The molecule has 5 nitrogen and oxygen atoms in total. The Bertz CT molecular complexity index is 554. The number of nitrogens with zero attached hydrogens (tertiary/aromatic N) is 1. The van der Waals surface area contributed by atoms with E-state index in [4.69, 9.17) is 14.5 Å². The summed E-state index contributed by atoms with van der Waals surface area (Å²) < 4.78 is 10.3. The van der Waals surface area contributed by atoms with Gasteiger partial charge in [-0.1, -0.05) is 0 Å². The molecule has 118 valence electrons. The molecule has 22 heavy (non-hydrogen) atoms. The predicted molar refractivity (Wildman–Crippen MR) is 80.1 cm³/mol. The standard InChI is InChI=1S/C17H21NO4/c1-3-21-16(19)12-9-13(17(20)22-4-2)15(11-7-8-11)18-14(12)10-5-6-10/h9-11H,3-8H2,1-2H3. The molecule has 0 aliphatic heterocycles. The van der Waals surface area contributed by atoms with E-state index in [0.29, 0.717) is 36.2 Å². The van der Waals surface area contributed by atoms with Gasteiger partial charge in [0.25, 0.3) is 0 Å². The first-order valence-electron chi connectivity index (χ1n) is 8.04. The van der Waals surface area contributed by atoms with Crippen LogP contribution in [0.3, 0.4) is 0 Å². The highest BCUT2D eigenvalue weighted by Gasteiger charge is 2.36. The van der Waals surface area contributed by atoms with Crippen LogP contribution >= 0.6 is 0 Å². The van der Waals surface area contributed by atoms with Crippen LogP contribution in [0.4, 0.5) is 0 Å². The average molecular weight is 303 g/mol. The summed E-state index contributed by atoms with van der Waals surface area (Å²) in [5.41, 5.74) is 2.45. The molecule has 2 aliphatic rings. The molecule has 0 saturated heterocycles. The Morgan fingerprint density at radius 3 is 1.68 bits per heavy atom. The van der Waals surface area contributed by atoms with Gasteiger partial charge in [-0.25, -0.2) is 9.59 Å². The monoisotopic (exact) mass is 303 g/mol. The summed E-state index contributed by atoms with van der Waals surface area (Å²) in [4.78, 5) is 29.1. The number of esters is 2. The van der Waals surface area contributed by atoms with E-state index < -0.39 is 11.9 Å². The van der Waals surface area contributed by atoms with Gasteiger partial charge in [0.05, 0.1) is 35.7 Å². The summed E-state index contributed by atoms with van der Waals surface area (Å²) in [5.74, 6) is -0.143. The van der Waals surface area contributed by atoms with Gasteiger partial charge >= 0.3 is 11.9 Å². The van der Waals surface area contributed by atoms with Crippen molar-refractivity contribution < 1.29 is 19.1 Å². The van der Waals surface area contributed by atoms with E-state index in [1.165, 1.54) is 0 Å². The van der Waals surface area contributed by atoms with E-state index in [9.17, 15) is 9.59 Å². The van der Waals surface area contributed by atoms with Crippen LogP contribution in [0.25, 0.3) is 0 Å². The number of hydrogen-bond acceptors (Lipinski definition) is 5. The summed E-state index contributed by atoms with van der Waals surface area (Å²) in [6.45, 7) is 4.16. The number of carbonyl (C=O) groups is 2. The second-order valence-corrected chi connectivity index (χ2v) is 5.84. The molecule has 2 aliphatic carbocycles. The molecule has 1 aromatic heterocycles.